The number of hydrogen-bond donors (Lipinski definition) is 2. The van der Waals surface area contributed by atoms with E-state index in [0.29, 0.717) is 30.9 Å². The van der Waals surface area contributed by atoms with Crippen LogP contribution in [0.4, 0.5) is 10.5 Å². The van der Waals surface area contributed by atoms with Gasteiger partial charge in [-0.2, -0.15) is 0 Å². The molecule has 2 aromatic carbocycles. The molecule has 222 valence electrons. The molecule has 2 N–H and O–H groups in total. The number of nitrogens with zero attached hydrogens (tertiary/aromatic N) is 1. The maximum absolute atomic E-state index is 13.4. The normalized spacial score (nSPS) is 18.5. The van der Waals surface area contributed by atoms with Crippen LogP contribution in [0.25, 0.3) is 0 Å². The predicted molar refractivity (Wildman–Crippen MR) is 158 cm³/mol. The van der Waals surface area contributed by atoms with Crippen molar-refractivity contribution in [2.75, 3.05) is 25.6 Å². The molecule has 0 spiro atoms. The van der Waals surface area contributed by atoms with E-state index in [1.54, 1.807) is 7.11 Å². The van der Waals surface area contributed by atoms with Gasteiger partial charge in [0.15, 0.2) is 0 Å². The summed E-state index contributed by atoms with van der Waals surface area (Å²) in [5, 5.41) is 5.79. The minimum absolute atomic E-state index is 0.0169. The first-order chi connectivity index (χ1) is 19.4. The summed E-state index contributed by atoms with van der Waals surface area (Å²) in [6, 6.07) is 9.57. The van der Waals surface area contributed by atoms with E-state index in [4.69, 9.17) is 14.2 Å². The highest BCUT2D eigenvalue weighted by molar-refractivity contribution is 5.99. The number of carbonyl (C=O) groups is 3. The Balaban J connectivity index is 1.26. The predicted octanol–water partition coefficient (Wildman–Crippen LogP) is 5.76. The van der Waals surface area contributed by atoms with Gasteiger partial charge in [-0.3, -0.25) is 9.59 Å². The number of methoxy groups -OCH3 is 1. The molecule has 1 fully saturated rings. The van der Waals surface area contributed by atoms with Gasteiger partial charge in [0.05, 0.1) is 20.3 Å². The first-order valence-electron chi connectivity index (χ1n) is 14.4. The zero-order chi connectivity index (χ0) is 29.7. The summed E-state index contributed by atoms with van der Waals surface area (Å²) in [6.07, 6.45) is 3.16. The minimum Gasteiger partial charge on any atom is -0.496 e. The molecule has 2 aliphatic rings. The quantitative estimate of drug-likeness (QED) is 0.375. The maximum atomic E-state index is 13.4. The SMILES string of the molecule is COc1cc(NC(=O)C2CCC(N3Cc4c(C)cc(OCCCOC(=O)NC(C)(C)C)cc4C3=O)CC2)ccc1C. The molecule has 0 saturated heterocycles. The maximum Gasteiger partial charge on any atom is 0.407 e. The lowest BCUT2D eigenvalue weighted by atomic mass is 9.84. The van der Waals surface area contributed by atoms with E-state index >= 15 is 0 Å². The van der Waals surface area contributed by atoms with Crippen LogP contribution < -0.4 is 20.1 Å². The number of rotatable bonds is 9. The number of ether oxygens (including phenoxy) is 3. The topological polar surface area (TPSA) is 106 Å². The van der Waals surface area contributed by atoms with Gasteiger partial charge in [-0.05, 0) is 95.2 Å². The molecule has 4 rings (SSSR count). The molecule has 0 aromatic heterocycles. The highest BCUT2D eigenvalue weighted by Crippen LogP contribution is 2.36. The standard InChI is InChI=1S/C32H43N3O6/c1-20-8-11-23(17-28(20)39-6)33-29(36)22-9-12-24(13-10-22)35-19-27-21(2)16-25(18-26(27)30(35)37)40-14-7-15-41-31(38)34-32(3,4)5/h8,11,16-18,22,24H,7,9-10,12-15,19H2,1-6H3,(H,33,36)(H,34,38). The van der Waals surface area contributed by atoms with Crippen LogP contribution in [0.15, 0.2) is 30.3 Å². The monoisotopic (exact) mass is 565 g/mol. The van der Waals surface area contributed by atoms with E-state index in [-0.39, 0.29) is 35.9 Å². The van der Waals surface area contributed by atoms with Crippen LogP contribution >= 0.6 is 0 Å². The number of anilines is 1. The Morgan fingerprint density at radius 1 is 1.00 bits per heavy atom. The first kappa shape index (κ1) is 30.2. The number of carbonyl (C=O) groups excluding carboxylic acids is 3. The Hall–Kier alpha value is -3.75. The van der Waals surface area contributed by atoms with Crippen molar-refractivity contribution in [3.63, 3.8) is 0 Å². The van der Waals surface area contributed by atoms with Crippen molar-refractivity contribution >= 4 is 23.6 Å². The largest absolute Gasteiger partial charge is 0.496 e. The lowest BCUT2D eigenvalue weighted by Crippen LogP contribution is -2.41. The van der Waals surface area contributed by atoms with E-state index in [1.807, 2.05) is 69.9 Å². The molecule has 9 nitrogen and oxygen atoms in total. The fourth-order valence-electron chi connectivity index (χ4n) is 5.51. The van der Waals surface area contributed by atoms with Crippen LogP contribution in [0.5, 0.6) is 11.5 Å². The minimum atomic E-state index is -0.446. The van der Waals surface area contributed by atoms with Crippen LogP contribution in [0.2, 0.25) is 0 Å². The number of fused-ring (bicyclic) bond motifs is 1. The van der Waals surface area contributed by atoms with Crippen LogP contribution in [0.1, 0.15) is 79.9 Å². The highest BCUT2D eigenvalue weighted by atomic mass is 16.5. The number of aryl methyl sites for hydroxylation is 2. The van der Waals surface area contributed by atoms with Crippen LogP contribution in [0, 0.1) is 19.8 Å². The second-order valence-electron chi connectivity index (χ2n) is 12.1. The molecule has 3 amide bonds. The molecule has 0 atom stereocenters. The number of alkyl carbamates (subject to hydrolysis) is 1. The van der Waals surface area contributed by atoms with Crippen LogP contribution in [-0.4, -0.2) is 54.7 Å². The van der Waals surface area contributed by atoms with Gasteiger partial charge in [-0.1, -0.05) is 6.07 Å². The smallest absolute Gasteiger partial charge is 0.407 e. The fourth-order valence-corrected chi connectivity index (χ4v) is 5.51. The summed E-state index contributed by atoms with van der Waals surface area (Å²) < 4.78 is 16.5. The summed E-state index contributed by atoms with van der Waals surface area (Å²) in [4.78, 5) is 40.1. The molecule has 1 aliphatic carbocycles. The second kappa shape index (κ2) is 12.8. The zero-order valence-corrected chi connectivity index (χ0v) is 25.1. The van der Waals surface area contributed by atoms with E-state index in [1.165, 1.54) is 0 Å². The molecule has 0 bridgehead atoms. The summed E-state index contributed by atoms with van der Waals surface area (Å²) in [5.74, 6) is 1.35. The highest BCUT2D eigenvalue weighted by Gasteiger charge is 2.37. The second-order valence-corrected chi connectivity index (χ2v) is 12.1. The van der Waals surface area contributed by atoms with Gasteiger partial charge < -0.3 is 29.7 Å². The molecule has 2 aromatic rings. The molecular weight excluding hydrogens is 522 g/mol. The summed E-state index contributed by atoms with van der Waals surface area (Å²) >= 11 is 0. The third kappa shape index (κ3) is 7.71. The third-order valence-corrected chi connectivity index (χ3v) is 7.72. The van der Waals surface area contributed by atoms with Crippen molar-refractivity contribution in [2.24, 2.45) is 5.92 Å². The molecule has 1 heterocycles. The van der Waals surface area contributed by atoms with Crippen LogP contribution in [-0.2, 0) is 16.1 Å². The molecule has 41 heavy (non-hydrogen) atoms. The van der Waals surface area contributed by atoms with Gasteiger partial charge >= 0.3 is 6.09 Å². The Kier molecular flexibility index (Phi) is 9.46. The zero-order valence-electron chi connectivity index (χ0n) is 25.1. The molecule has 0 radical (unpaired) electrons. The molecule has 9 heteroatoms. The average molecular weight is 566 g/mol. The summed E-state index contributed by atoms with van der Waals surface area (Å²) in [6.45, 7) is 10.9. The van der Waals surface area contributed by atoms with E-state index in [2.05, 4.69) is 10.6 Å². The van der Waals surface area contributed by atoms with E-state index < -0.39 is 6.09 Å². The molecule has 1 saturated carbocycles. The number of benzene rings is 2. The average Bonchev–Trinajstić information content (AvgIpc) is 3.25. The van der Waals surface area contributed by atoms with Crippen molar-refractivity contribution in [2.45, 2.75) is 84.8 Å². The number of nitrogens with one attached hydrogen (secondary N) is 2. The van der Waals surface area contributed by atoms with Crippen molar-refractivity contribution in [3.8, 4) is 11.5 Å². The molecular formula is C32H43N3O6. The first-order valence-corrected chi connectivity index (χ1v) is 14.4. The Morgan fingerprint density at radius 3 is 2.41 bits per heavy atom. The van der Waals surface area contributed by atoms with Gasteiger partial charge in [-0.15, -0.1) is 0 Å². The van der Waals surface area contributed by atoms with Gasteiger partial charge in [0.25, 0.3) is 5.91 Å². The number of hydrogen-bond acceptors (Lipinski definition) is 6. The van der Waals surface area contributed by atoms with Gasteiger partial charge in [-0.25, -0.2) is 4.79 Å². The molecule has 0 unspecified atom stereocenters. The van der Waals surface area contributed by atoms with Crippen molar-refractivity contribution < 1.29 is 28.6 Å². The third-order valence-electron chi connectivity index (χ3n) is 7.72. The van der Waals surface area contributed by atoms with Gasteiger partial charge in [0, 0.05) is 47.8 Å². The van der Waals surface area contributed by atoms with Crippen LogP contribution in [0.3, 0.4) is 0 Å². The van der Waals surface area contributed by atoms with Gasteiger partial charge in [0.1, 0.15) is 11.5 Å². The van der Waals surface area contributed by atoms with E-state index in [0.717, 1.165) is 53.8 Å². The summed E-state index contributed by atoms with van der Waals surface area (Å²) in [5.41, 5.74) is 4.16. The van der Waals surface area contributed by atoms with Crippen molar-refractivity contribution in [1.29, 1.82) is 0 Å². The van der Waals surface area contributed by atoms with Gasteiger partial charge in [0.2, 0.25) is 5.91 Å². The number of amides is 3. The Labute approximate surface area is 242 Å². The fraction of sp³-hybridized carbons (Fsp3) is 0.531. The van der Waals surface area contributed by atoms with Crippen molar-refractivity contribution in [1.82, 2.24) is 10.2 Å². The lowest BCUT2D eigenvalue weighted by molar-refractivity contribution is -0.121. The Bertz CT molecular complexity index is 1280. The van der Waals surface area contributed by atoms with Crippen molar-refractivity contribution in [3.05, 3.63) is 52.6 Å². The Morgan fingerprint density at radius 2 is 1.73 bits per heavy atom. The summed E-state index contributed by atoms with van der Waals surface area (Å²) in [7, 11) is 1.62. The van der Waals surface area contributed by atoms with E-state index in [9.17, 15) is 14.4 Å². The molecule has 1 aliphatic heterocycles. The lowest BCUT2D eigenvalue weighted by Gasteiger charge is -2.34.